The van der Waals surface area contributed by atoms with Crippen molar-refractivity contribution in [3.63, 3.8) is 0 Å². The summed E-state index contributed by atoms with van der Waals surface area (Å²) in [6, 6.07) is 3.37. The lowest BCUT2D eigenvalue weighted by Gasteiger charge is -2.01. The van der Waals surface area contributed by atoms with Crippen LogP contribution in [0.5, 0.6) is 0 Å². The fraction of sp³-hybridized carbons (Fsp3) is 0.200. The molecule has 0 atom stereocenters. The summed E-state index contributed by atoms with van der Waals surface area (Å²) in [6.07, 6.45) is 0. The van der Waals surface area contributed by atoms with Crippen LogP contribution in [0.25, 0.3) is 0 Å². The van der Waals surface area contributed by atoms with Gasteiger partial charge in [-0.05, 0) is 19.1 Å². The molecule has 2 heterocycles. The number of aromatic nitrogens is 1. The van der Waals surface area contributed by atoms with E-state index in [1.54, 1.807) is 17.5 Å². The Hall–Kier alpha value is -0.910. The molecule has 0 aliphatic rings. The zero-order valence-corrected chi connectivity index (χ0v) is 10.8. The second kappa shape index (κ2) is 4.53. The first kappa shape index (κ1) is 11.6. The predicted octanol–water partition coefficient (Wildman–Crippen LogP) is 2.82. The highest BCUT2D eigenvalue weighted by atomic mass is 35.5. The SMILES string of the molecule is Cc1csc(=O)n1CC(=O)c1ccc(Cl)s1. The normalized spacial score (nSPS) is 10.6. The standard InChI is InChI=1S/C10H8ClNO2S2/c1-6-5-15-10(14)12(6)4-7(13)8-2-3-9(11)16-8/h2-3,5H,4H2,1H3. The number of ketones is 1. The van der Waals surface area contributed by atoms with Crippen LogP contribution in [0.1, 0.15) is 15.4 Å². The Morgan fingerprint density at radius 1 is 1.50 bits per heavy atom. The Morgan fingerprint density at radius 3 is 2.75 bits per heavy atom. The molecule has 0 saturated carbocycles. The first-order valence-corrected chi connectivity index (χ1v) is 6.59. The summed E-state index contributed by atoms with van der Waals surface area (Å²) in [4.78, 5) is 23.7. The van der Waals surface area contributed by atoms with Gasteiger partial charge >= 0.3 is 4.87 Å². The highest BCUT2D eigenvalue weighted by Crippen LogP contribution is 2.22. The monoisotopic (exact) mass is 273 g/mol. The van der Waals surface area contributed by atoms with E-state index in [1.807, 2.05) is 6.92 Å². The third-order valence-corrected chi connectivity index (χ3v) is 4.28. The maximum atomic E-state index is 11.8. The van der Waals surface area contributed by atoms with E-state index in [1.165, 1.54) is 15.9 Å². The zero-order chi connectivity index (χ0) is 11.7. The van der Waals surface area contributed by atoms with Gasteiger partial charge in [-0.1, -0.05) is 22.9 Å². The fourth-order valence-corrected chi connectivity index (χ4v) is 2.99. The minimum atomic E-state index is -0.103. The maximum Gasteiger partial charge on any atom is 0.307 e. The Balaban J connectivity index is 2.23. The van der Waals surface area contributed by atoms with Crippen LogP contribution in [0.15, 0.2) is 22.3 Å². The van der Waals surface area contributed by atoms with Gasteiger partial charge in [0.15, 0.2) is 5.78 Å². The van der Waals surface area contributed by atoms with E-state index in [2.05, 4.69) is 0 Å². The molecule has 2 aromatic rings. The van der Waals surface area contributed by atoms with Crippen molar-refractivity contribution in [2.45, 2.75) is 13.5 Å². The number of halogens is 1. The van der Waals surface area contributed by atoms with Crippen molar-refractivity contribution in [3.8, 4) is 0 Å². The molecule has 0 aliphatic carbocycles. The summed E-state index contributed by atoms with van der Waals surface area (Å²) in [5.41, 5.74) is 0.811. The van der Waals surface area contributed by atoms with E-state index in [0.29, 0.717) is 9.21 Å². The summed E-state index contributed by atoms with van der Waals surface area (Å²) >= 11 is 8.09. The molecule has 2 rings (SSSR count). The maximum absolute atomic E-state index is 11.8. The number of carbonyl (C=O) groups is 1. The summed E-state index contributed by atoms with van der Waals surface area (Å²) in [5.74, 6) is -0.0829. The molecular formula is C10H8ClNO2S2. The van der Waals surface area contributed by atoms with Gasteiger partial charge in [0.25, 0.3) is 0 Å². The first-order valence-electron chi connectivity index (χ1n) is 4.51. The highest BCUT2D eigenvalue weighted by molar-refractivity contribution is 7.18. The van der Waals surface area contributed by atoms with E-state index in [0.717, 1.165) is 17.0 Å². The molecule has 2 aromatic heterocycles. The number of hydrogen-bond acceptors (Lipinski definition) is 4. The molecule has 6 heteroatoms. The number of nitrogens with zero attached hydrogens (tertiary/aromatic N) is 1. The van der Waals surface area contributed by atoms with Crippen molar-refractivity contribution in [1.29, 1.82) is 0 Å². The lowest BCUT2D eigenvalue weighted by atomic mass is 10.3. The molecule has 0 aromatic carbocycles. The molecule has 0 aliphatic heterocycles. The van der Waals surface area contributed by atoms with E-state index in [4.69, 9.17) is 11.6 Å². The van der Waals surface area contributed by atoms with Crippen molar-refractivity contribution >= 4 is 40.1 Å². The largest absolute Gasteiger partial charge is 0.307 e. The van der Waals surface area contributed by atoms with Crippen LogP contribution < -0.4 is 4.87 Å². The molecular weight excluding hydrogens is 266 g/mol. The van der Waals surface area contributed by atoms with E-state index in [-0.39, 0.29) is 17.2 Å². The van der Waals surface area contributed by atoms with Gasteiger partial charge in [-0.15, -0.1) is 11.3 Å². The lowest BCUT2D eigenvalue weighted by Crippen LogP contribution is -2.20. The molecule has 0 unspecified atom stereocenters. The third-order valence-electron chi connectivity index (χ3n) is 2.13. The van der Waals surface area contributed by atoms with Crippen molar-refractivity contribution in [3.05, 3.63) is 42.1 Å². The highest BCUT2D eigenvalue weighted by Gasteiger charge is 2.12. The molecule has 16 heavy (non-hydrogen) atoms. The van der Waals surface area contributed by atoms with Crippen LogP contribution in [0.3, 0.4) is 0 Å². The topological polar surface area (TPSA) is 39.1 Å². The van der Waals surface area contributed by atoms with Gasteiger partial charge < -0.3 is 0 Å². The van der Waals surface area contributed by atoms with Gasteiger partial charge in [0.2, 0.25) is 0 Å². The van der Waals surface area contributed by atoms with Gasteiger partial charge in [0, 0.05) is 11.1 Å². The number of rotatable bonds is 3. The number of carbonyl (C=O) groups excluding carboxylic acids is 1. The number of thiazole rings is 1. The lowest BCUT2D eigenvalue weighted by molar-refractivity contribution is 0.0974. The number of hydrogen-bond donors (Lipinski definition) is 0. The molecule has 0 amide bonds. The van der Waals surface area contributed by atoms with Crippen LogP contribution in [0.2, 0.25) is 4.34 Å². The van der Waals surface area contributed by atoms with E-state index < -0.39 is 0 Å². The Bertz CT molecular complexity index is 582. The summed E-state index contributed by atoms with van der Waals surface area (Å²) < 4.78 is 2.05. The molecule has 0 N–H and O–H groups in total. The Kier molecular flexibility index (Phi) is 3.28. The van der Waals surface area contributed by atoms with Crippen molar-refractivity contribution < 1.29 is 4.79 Å². The summed E-state index contributed by atoms with van der Waals surface area (Å²) in [5, 5.41) is 1.75. The minimum Gasteiger partial charge on any atom is -0.296 e. The van der Waals surface area contributed by atoms with E-state index >= 15 is 0 Å². The van der Waals surface area contributed by atoms with Crippen molar-refractivity contribution in [2.24, 2.45) is 0 Å². The summed E-state index contributed by atoms with van der Waals surface area (Å²) in [6.45, 7) is 1.90. The average molecular weight is 274 g/mol. The van der Waals surface area contributed by atoms with Gasteiger partial charge in [0.05, 0.1) is 15.8 Å². The van der Waals surface area contributed by atoms with Crippen LogP contribution in [-0.4, -0.2) is 10.4 Å². The molecule has 0 saturated heterocycles. The molecule has 0 fully saturated rings. The average Bonchev–Trinajstić information content (AvgIpc) is 2.79. The first-order chi connectivity index (χ1) is 7.58. The second-order valence-corrected chi connectivity index (χ2v) is 5.79. The summed E-state index contributed by atoms with van der Waals surface area (Å²) in [7, 11) is 0. The minimum absolute atomic E-state index is 0.0829. The number of thiophene rings is 1. The van der Waals surface area contributed by atoms with Gasteiger partial charge in [-0.2, -0.15) is 0 Å². The van der Waals surface area contributed by atoms with Crippen molar-refractivity contribution in [2.75, 3.05) is 0 Å². The number of Topliss-reactive ketones (excluding diaryl/α,β-unsaturated/α-hetero) is 1. The Labute approximate surface area is 105 Å². The van der Waals surface area contributed by atoms with Gasteiger partial charge in [-0.3, -0.25) is 14.2 Å². The van der Waals surface area contributed by atoms with Gasteiger partial charge in [-0.25, -0.2) is 0 Å². The number of aryl methyl sites for hydroxylation is 1. The van der Waals surface area contributed by atoms with Crippen LogP contribution in [0, 0.1) is 6.92 Å². The molecule has 0 spiro atoms. The van der Waals surface area contributed by atoms with E-state index in [9.17, 15) is 9.59 Å². The predicted molar refractivity (Wildman–Crippen MR) is 67.0 cm³/mol. The smallest absolute Gasteiger partial charge is 0.296 e. The van der Waals surface area contributed by atoms with Crippen molar-refractivity contribution in [1.82, 2.24) is 4.57 Å². The molecule has 0 radical (unpaired) electrons. The molecule has 84 valence electrons. The molecule has 0 bridgehead atoms. The van der Waals surface area contributed by atoms with Crippen LogP contribution in [-0.2, 0) is 6.54 Å². The third kappa shape index (κ3) is 2.26. The van der Waals surface area contributed by atoms with Crippen LogP contribution in [0.4, 0.5) is 0 Å². The zero-order valence-electron chi connectivity index (χ0n) is 8.40. The second-order valence-electron chi connectivity index (χ2n) is 3.26. The molecule has 3 nitrogen and oxygen atoms in total. The fourth-order valence-electron chi connectivity index (χ4n) is 1.28. The van der Waals surface area contributed by atoms with Gasteiger partial charge in [0.1, 0.15) is 0 Å². The quantitative estimate of drug-likeness (QED) is 0.807. The Morgan fingerprint density at radius 2 is 2.25 bits per heavy atom. The van der Waals surface area contributed by atoms with Crippen LogP contribution >= 0.6 is 34.3 Å².